The maximum absolute atomic E-state index is 12.5. The number of amides is 1. The van der Waals surface area contributed by atoms with Crippen LogP contribution in [0.2, 0.25) is 0 Å². The van der Waals surface area contributed by atoms with Crippen molar-refractivity contribution in [3.05, 3.63) is 11.0 Å². The van der Waals surface area contributed by atoms with Crippen LogP contribution in [0.1, 0.15) is 26.7 Å². The van der Waals surface area contributed by atoms with Crippen molar-refractivity contribution in [2.45, 2.75) is 50.8 Å². The summed E-state index contributed by atoms with van der Waals surface area (Å²) in [5, 5.41) is 27.8. The number of thiocarbonyl (C=S) groups is 1. The zero-order chi connectivity index (χ0) is 18.8. The van der Waals surface area contributed by atoms with Gasteiger partial charge in [0.25, 0.3) is 5.91 Å². The summed E-state index contributed by atoms with van der Waals surface area (Å²) in [4.78, 5) is 24.8. The maximum atomic E-state index is 12.5. The van der Waals surface area contributed by atoms with E-state index in [0.29, 0.717) is 15.6 Å². The Labute approximate surface area is 154 Å². The monoisotopic (exact) mass is 391 g/mol. The molecule has 25 heavy (non-hydrogen) atoms. The van der Waals surface area contributed by atoms with E-state index < -0.39 is 36.7 Å². The molecule has 2 heterocycles. The second kappa shape index (κ2) is 8.11. The van der Waals surface area contributed by atoms with Gasteiger partial charge in [0, 0.05) is 13.0 Å². The Morgan fingerprint density at radius 3 is 2.76 bits per heavy atom. The van der Waals surface area contributed by atoms with E-state index in [1.165, 1.54) is 11.0 Å². The molecule has 0 aromatic carbocycles. The molecule has 3 N–H and O–H groups in total. The fourth-order valence-corrected chi connectivity index (χ4v) is 3.91. The Morgan fingerprint density at radius 1 is 1.48 bits per heavy atom. The highest BCUT2D eigenvalue weighted by atomic mass is 32.2. The van der Waals surface area contributed by atoms with Crippen molar-refractivity contribution < 1.29 is 34.4 Å². The predicted molar refractivity (Wildman–Crippen MR) is 93.8 cm³/mol. The number of hydrogen-bond acceptors (Lipinski definition) is 8. The van der Waals surface area contributed by atoms with Gasteiger partial charge in [-0.2, -0.15) is 0 Å². The number of aliphatic hydroxyl groups is 2. The number of aliphatic carboxylic acids is 1. The lowest BCUT2D eigenvalue weighted by atomic mass is 10.1. The van der Waals surface area contributed by atoms with Gasteiger partial charge in [0.2, 0.25) is 0 Å². The van der Waals surface area contributed by atoms with Crippen molar-refractivity contribution in [1.82, 2.24) is 4.90 Å². The molecular formula is C15H21NO7S2. The van der Waals surface area contributed by atoms with Crippen molar-refractivity contribution in [3.8, 4) is 0 Å². The van der Waals surface area contributed by atoms with E-state index in [9.17, 15) is 14.7 Å². The summed E-state index contributed by atoms with van der Waals surface area (Å²) in [5.41, 5.74) is 0. The summed E-state index contributed by atoms with van der Waals surface area (Å²) < 4.78 is 11.6. The van der Waals surface area contributed by atoms with Crippen molar-refractivity contribution in [1.29, 1.82) is 0 Å². The Morgan fingerprint density at radius 2 is 2.16 bits per heavy atom. The lowest BCUT2D eigenvalue weighted by Gasteiger charge is -2.19. The molecule has 0 radical (unpaired) electrons. The van der Waals surface area contributed by atoms with Gasteiger partial charge in [-0.05, 0) is 26.3 Å². The highest BCUT2D eigenvalue weighted by Crippen LogP contribution is 2.36. The molecule has 2 aliphatic rings. The fraction of sp³-hybridized carbons (Fsp3) is 0.667. The first-order chi connectivity index (χ1) is 11.6. The first kappa shape index (κ1) is 20.3. The molecule has 140 valence electrons. The normalized spacial score (nSPS) is 28.8. The first-order valence-electron chi connectivity index (χ1n) is 7.76. The van der Waals surface area contributed by atoms with Crippen molar-refractivity contribution in [2.24, 2.45) is 0 Å². The average molecular weight is 391 g/mol. The number of carboxylic acid groups (broad SMARTS) is 1. The summed E-state index contributed by atoms with van der Waals surface area (Å²) in [6.45, 7) is 3.08. The lowest BCUT2D eigenvalue weighted by Crippen LogP contribution is -2.37. The Balaban J connectivity index is 2.10. The molecule has 0 aromatic heterocycles. The van der Waals surface area contributed by atoms with Crippen LogP contribution in [0.15, 0.2) is 11.0 Å². The van der Waals surface area contributed by atoms with Gasteiger partial charge in [-0.25, -0.2) is 0 Å². The zero-order valence-corrected chi connectivity index (χ0v) is 15.5. The molecule has 0 aliphatic carbocycles. The van der Waals surface area contributed by atoms with E-state index in [0.717, 1.165) is 11.8 Å². The standard InChI is InChI=1S/C15H21NO7S2/c1-15(2)22-9(12(23-15)8(18)7-17)6-10-13(21)16(14(24)25-10)5-3-4-11(19)20/h6,8-9,12,17-18H,3-5,7H2,1-2H3,(H,19,20)/b10-6-. The summed E-state index contributed by atoms with van der Waals surface area (Å²) in [6.07, 6.45) is -0.884. The van der Waals surface area contributed by atoms with Gasteiger partial charge in [-0.3, -0.25) is 14.5 Å². The molecule has 3 unspecified atom stereocenters. The molecular weight excluding hydrogens is 370 g/mol. The molecule has 0 saturated carbocycles. The van der Waals surface area contributed by atoms with Crippen molar-refractivity contribution in [3.63, 3.8) is 0 Å². The summed E-state index contributed by atoms with van der Waals surface area (Å²) in [5.74, 6) is -2.22. The largest absolute Gasteiger partial charge is 0.481 e. The molecule has 3 atom stereocenters. The average Bonchev–Trinajstić information content (AvgIpc) is 2.96. The third-order valence-corrected chi connectivity index (χ3v) is 5.09. The SMILES string of the molecule is CC1(C)OC(/C=C2\SC(=S)N(CCCC(=O)O)C2=O)C(C(O)CO)O1. The number of thioether (sulfide) groups is 1. The molecule has 2 rings (SSSR count). The predicted octanol–water partition coefficient (Wildman–Crippen LogP) is 0.469. The molecule has 10 heteroatoms. The Hall–Kier alpha value is -1.04. The number of rotatable bonds is 7. The van der Waals surface area contributed by atoms with Crippen LogP contribution in [-0.2, 0) is 19.1 Å². The van der Waals surface area contributed by atoms with E-state index in [1.54, 1.807) is 13.8 Å². The topological polar surface area (TPSA) is 117 Å². The Kier molecular flexibility index (Phi) is 6.57. The number of nitrogens with zero attached hydrogens (tertiary/aromatic N) is 1. The molecule has 2 saturated heterocycles. The van der Waals surface area contributed by atoms with Gasteiger partial charge in [0.1, 0.15) is 22.6 Å². The zero-order valence-electron chi connectivity index (χ0n) is 13.9. The highest BCUT2D eigenvalue weighted by Gasteiger charge is 2.45. The number of carbonyl (C=O) groups excluding carboxylic acids is 1. The number of carboxylic acids is 1. The number of aliphatic hydroxyl groups excluding tert-OH is 2. The van der Waals surface area contributed by atoms with Gasteiger partial charge in [-0.1, -0.05) is 24.0 Å². The minimum absolute atomic E-state index is 0.0470. The van der Waals surface area contributed by atoms with Crippen LogP contribution < -0.4 is 0 Å². The second-order valence-corrected chi connectivity index (χ2v) is 7.84. The van der Waals surface area contributed by atoms with Crippen LogP contribution in [0.3, 0.4) is 0 Å². The summed E-state index contributed by atoms with van der Waals surface area (Å²) in [6, 6.07) is 0. The van der Waals surface area contributed by atoms with Crippen molar-refractivity contribution in [2.75, 3.05) is 13.2 Å². The fourth-order valence-electron chi connectivity index (χ4n) is 2.59. The van der Waals surface area contributed by atoms with E-state index >= 15 is 0 Å². The number of ether oxygens (including phenoxy) is 2. The van der Waals surface area contributed by atoms with Gasteiger partial charge in [0.05, 0.1) is 11.5 Å². The van der Waals surface area contributed by atoms with E-state index in [1.807, 2.05) is 0 Å². The minimum Gasteiger partial charge on any atom is -0.481 e. The lowest BCUT2D eigenvalue weighted by molar-refractivity contribution is -0.155. The summed E-state index contributed by atoms with van der Waals surface area (Å²) >= 11 is 6.27. The molecule has 0 aromatic rings. The van der Waals surface area contributed by atoms with Crippen LogP contribution in [0.25, 0.3) is 0 Å². The quantitative estimate of drug-likeness (QED) is 0.420. The molecule has 2 fully saturated rings. The minimum atomic E-state index is -1.15. The molecule has 1 amide bonds. The second-order valence-electron chi connectivity index (χ2n) is 6.17. The van der Waals surface area contributed by atoms with E-state index in [-0.39, 0.29) is 18.9 Å². The van der Waals surface area contributed by atoms with Crippen molar-refractivity contribution >= 4 is 40.2 Å². The first-order valence-corrected chi connectivity index (χ1v) is 8.99. The summed E-state index contributed by atoms with van der Waals surface area (Å²) in [7, 11) is 0. The van der Waals surface area contributed by atoms with Crippen LogP contribution in [-0.4, -0.2) is 73.7 Å². The molecule has 2 aliphatic heterocycles. The van der Waals surface area contributed by atoms with Crippen LogP contribution in [0, 0.1) is 0 Å². The van der Waals surface area contributed by atoms with Gasteiger partial charge in [0.15, 0.2) is 5.79 Å². The van der Waals surface area contributed by atoms with E-state index in [2.05, 4.69) is 0 Å². The Bertz CT molecular complexity index is 592. The maximum Gasteiger partial charge on any atom is 0.303 e. The number of hydrogen-bond donors (Lipinski definition) is 3. The third kappa shape index (κ3) is 4.99. The molecule has 8 nitrogen and oxygen atoms in total. The highest BCUT2D eigenvalue weighted by molar-refractivity contribution is 8.26. The van der Waals surface area contributed by atoms with Crippen LogP contribution in [0.5, 0.6) is 0 Å². The molecule has 0 spiro atoms. The van der Waals surface area contributed by atoms with Crippen LogP contribution >= 0.6 is 24.0 Å². The third-order valence-electron chi connectivity index (χ3n) is 3.69. The van der Waals surface area contributed by atoms with Crippen LogP contribution in [0.4, 0.5) is 0 Å². The van der Waals surface area contributed by atoms with Gasteiger partial charge in [-0.15, -0.1) is 0 Å². The molecule has 0 bridgehead atoms. The smallest absolute Gasteiger partial charge is 0.303 e. The van der Waals surface area contributed by atoms with Gasteiger partial charge >= 0.3 is 5.97 Å². The van der Waals surface area contributed by atoms with E-state index in [4.69, 9.17) is 31.9 Å². The van der Waals surface area contributed by atoms with Gasteiger partial charge < -0.3 is 24.8 Å². The number of carbonyl (C=O) groups is 2.